The number of nitrogens with one attached hydrogen (secondary N) is 1. The van der Waals surface area contributed by atoms with E-state index in [4.69, 9.17) is 9.47 Å². The summed E-state index contributed by atoms with van der Waals surface area (Å²) in [5.41, 5.74) is 0.524. The third-order valence-electron chi connectivity index (χ3n) is 2.66. The van der Waals surface area contributed by atoms with E-state index in [2.05, 4.69) is 10.3 Å². The van der Waals surface area contributed by atoms with Crippen molar-refractivity contribution < 1.29 is 14.3 Å². The summed E-state index contributed by atoms with van der Waals surface area (Å²) in [5.74, 6) is 0.450. The van der Waals surface area contributed by atoms with Crippen LogP contribution in [0.15, 0.2) is 29.3 Å². The average Bonchev–Trinajstić information content (AvgIpc) is 2.47. The van der Waals surface area contributed by atoms with Gasteiger partial charge in [-0.15, -0.1) is 0 Å². The molecule has 1 aromatic rings. The van der Waals surface area contributed by atoms with Crippen LogP contribution in [-0.4, -0.2) is 57.7 Å². The summed E-state index contributed by atoms with van der Waals surface area (Å²) in [5, 5.41) is 2.67. The second-order valence-corrected chi connectivity index (χ2v) is 4.61. The predicted molar refractivity (Wildman–Crippen MR) is 82.9 cm³/mol. The van der Waals surface area contributed by atoms with E-state index >= 15 is 0 Å². The first kappa shape index (κ1) is 17.0. The maximum absolute atomic E-state index is 12.1. The maximum atomic E-state index is 12.1. The molecule has 0 saturated heterocycles. The molecule has 1 N–H and O–H groups in total. The van der Waals surface area contributed by atoms with Crippen molar-refractivity contribution in [3.8, 4) is 5.75 Å². The van der Waals surface area contributed by atoms with E-state index in [9.17, 15) is 4.79 Å². The summed E-state index contributed by atoms with van der Waals surface area (Å²) in [6, 6.07) is 7.10. The Bertz CT molecular complexity index is 470. The van der Waals surface area contributed by atoms with Crippen LogP contribution in [-0.2, 0) is 4.74 Å². The van der Waals surface area contributed by atoms with Crippen LogP contribution in [0.4, 0.5) is 0 Å². The molecule has 0 aliphatic rings. The third kappa shape index (κ3) is 6.27. The van der Waals surface area contributed by atoms with Crippen molar-refractivity contribution in [1.29, 1.82) is 0 Å². The number of amides is 1. The van der Waals surface area contributed by atoms with Crippen molar-refractivity contribution in [1.82, 2.24) is 10.2 Å². The molecular weight excluding hydrogens is 270 g/mol. The molecule has 6 nitrogen and oxygen atoms in total. The monoisotopic (exact) mass is 293 g/mol. The van der Waals surface area contributed by atoms with Gasteiger partial charge < -0.3 is 14.4 Å². The zero-order valence-electron chi connectivity index (χ0n) is 13.0. The highest BCUT2D eigenvalue weighted by molar-refractivity contribution is 6.04. The fourth-order valence-corrected chi connectivity index (χ4v) is 1.52. The number of carbonyl (C=O) groups excluding carboxylic acids is 1. The van der Waals surface area contributed by atoms with Gasteiger partial charge in [0.1, 0.15) is 5.75 Å². The van der Waals surface area contributed by atoms with Crippen LogP contribution in [0.2, 0.25) is 0 Å². The number of hydrogen-bond acceptors (Lipinski definition) is 5. The summed E-state index contributed by atoms with van der Waals surface area (Å²) < 4.78 is 10.4. The number of ether oxygens (including phenoxy) is 2. The molecule has 0 aliphatic heterocycles. The molecule has 0 radical (unpaired) electrons. The molecule has 0 spiro atoms. The quantitative estimate of drug-likeness (QED) is 0.636. The molecule has 0 heterocycles. The number of methoxy groups -OCH3 is 1. The van der Waals surface area contributed by atoms with Crippen molar-refractivity contribution in [3.05, 3.63) is 29.8 Å². The predicted octanol–water partition coefficient (Wildman–Crippen LogP) is 1.38. The number of likely N-dealkylation sites (N-methyl/N-ethyl adjacent to an activating group) is 1. The van der Waals surface area contributed by atoms with Gasteiger partial charge in [-0.05, 0) is 45.3 Å². The summed E-state index contributed by atoms with van der Waals surface area (Å²) in [4.78, 5) is 18.4. The van der Waals surface area contributed by atoms with E-state index < -0.39 is 0 Å². The first-order chi connectivity index (χ1) is 10.1. The Morgan fingerprint density at radius 3 is 2.48 bits per heavy atom. The van der Waals surface area contributed by atoms with Crippen LogP contribution in [0.3, 0.4) is 0 Å². The Morgan fingerprint density at radius 1 is 1.29 bits per heavy atom. The molecular formula is C15H23N3O3. The lowest BCUT2D eigenvalue weighted by molar-refractivity contribution is 0.0966. The molecule has 0 aromatic heterocycles. The number of benzene rings is 1. The third-order valence-corrected chi connectivity index (χ3v) is 2.66. The topological polar surface area (TPSA) is 63.2 Å². The van der Waals surface area contributed by atoms with Gasteiger partial charge in [0.05, 0.1) is 20.3 Å². The molecule has 0 fully saturated rings. The molecule has 0 unspecified atom stereocenters. The summed E-state index contributed by atoms with van der Waals surface area (Å²) in [7, 11) is 5.51. The van der Waals surface area contributed by atoms with E-state index in [0.29, 0.717) is 24.5 Å². The highest BCUT2D eigenvalue weighted by Gasteiger charge is 2.09. The van der Waals surface area contributed by atoms with Gasteiger partial charge in [-0.25, -0.2) is 4.99 Å². The standard InChI is InChI=1S/C15H23N3O3/c1-5-21-15(16-10-11-18(2)3)17-14(19)12-6-8-13(20-4)9-7-12/h6-9H,5,10-11H2,1-4H3,(H,16,17,19). The molecule has 0 aliphatic carbocycles. The van der Waals surface area contributed by atoms with E-state index in [0.717, 1.165) is 6.54 Å². The van der Waals surface area contributed by atoms with Crippen molar-refractivity contribution in [2.24, 2.45) is 4.99 Å². The summed E-state index contributed by atoms with van der Waals surface area (Å²) in [6.45, 7) is 3.64. The average molecular weight is 293 g/mol. The van der Waals surface area contributed by atoms with E-state index in [1.807, 2.05) is 25.9 Å². The van der Waals surface area contributed by atoms with Crippen LogP contribution in [0.5, 0.6) is 5.75 Å². The Kier molecular flexibility index (Phi) is 7.25. The van der Waals surface area contributed by atoms with Crippen LogP contribution in [0, 0.1) is 0 Å². The number of nitrogens with zero attached hydrogens (tertiary/aromatic N) is 2. The van der Waals surface area contributed by atoms with Gasteiger partial charge in [0.25, 0.3) is 11.9 Å². The molecule has 21 heavy (non-hydrogen) atoms. The Morgan fingerprint density at radius 2 is 1.95 bits per heavy atom. The fraction of sp³-hybridized carbons (Fsp3) is 0.467. The molecule has 1 rings (SSSR count). The van der Waals surface area contributed by atoms with Gasteiger partial charge in [-0.2, -0.15) is 0 Å². The molecule has 1 amide bonds. The van der Waals surface area contributed by atoms with Crippen LogP contribution in [0.1, 0.15) is 17.3 Å². The number of hydrogen-bond donors (Lipinski definition) is 1. The van der Waals surface area contributed by atoms with Crippen LogP contribution < -0.4 is 10.1 Å². The minimum atomic E-state index is -0.255. The van der Waals surface area contributed by atoms with Gasteiger partial charge in [-0.1, -0.05) is 0 Å². The highest BCUT2D eigenvalue weighted by Crippen LogP contribution is 2.11. The largest absolute Gasteiger partial charge is 0.497 e. The number of amidine groups is 1. The van der Waals surface area contributed by atoms with Gasteiger partial charge in [-0.3, -0.25) is 10.1 Å². The van der Waals surface area contributed by atoms with E-state index in [-0.39, 0.29) is 11.9 Å². The van der Waals surface area contributed by atoms with Gasteiger partial charge >= 0.3 is 0 Å². The molecule has 0 saturated carbocycles. The Balaban J connectivity index is 2.66. The van der Waals surface area contributed by atoms with Crippen molar-refractivity contribution in [2.75, 3.05) is 40.9 Å². The molecule has 0 bridgehead atoms. The smallest absolute Gasteiger partial charge is 0.291 e. The normalized spacial score (nSPS) is 11.4. The molecule has 0 atom stereocenters. The zero-order chi connectivity index (χ0) is 15.7. The van der Waals surface area contributed by atoms with Crippen LogP contribution >= 0.6 is 0 Å². The lowest BCUT2D eigenvalue weighted by Gasteiger charge is -2.11. The maximum Gasteiger partial charge on any atom is 0.291 e. The Labute approximate surface area is 125 Å². The highest BCUT2D eigenvalue weighted by atomic mass is 16.5. The van der Waals surface area contributed by atoms with Crippen LogP contribution in [0.25, 0.3) is 0 Å². The molecule has 6 heteroatoms. The summed E-state index contributed by atoms with van der Waals surface area (Å²) in [6.07, 6.45) is 0. The number of aliphatic imine (C=N–C) groups is 1. The summed E-state index contributed by atoms with van der Waals surface area (Å²) >= 11 is 0. The van der Waals surface area contributed by atoms with Crippen molar-refractivity contribution >= 4 is 11.9 Å². The van der Waals surface area contributed by atoms with Gasteiger partial charge in [0.15, 0.2) is 0 Å². The molecule has 116 valence electrons. The molecule has 1 aromatic carbocycles. The van der Waals surface area contributed by atoms with Gasteiger partial charge in [0.2, 0.25) is 0 Å². The second-order valence-electron chi connectivity index (χ2n) is 4.61. The number of carbonyl (C=O) groups is 1. The fourth-order valence-electron chi connectivity index (χ4n) is 1.52. The van der Waals surface area contributed by atoms with E-state index in [1.165, 1.54) is 0 Å². The first-order valence-corrected chi connectivity index (χ1v) is 6.84. The number of rotatable bonds is 6. The van der Waals surface area contributed by atoms with E-state index in [1.54, 1.807) is 31.4 Å². The van der Waals surface area contributed by atoms with Gasteiger partial charge in [0, 0.05) is 12.1 Å². The second kappa shape index (κ2) is 8.97. The minimum Gasteiger partial charge on any atom is -0.497 e. The van der Waals surface area contributed by atoms with Crippen molar-refractivity contribution in [3.63, 3.8) is 0 Å². The minimum absolute atomic E-state index is 0.250. The Hall–Kier alpha value is -2.08. The first-order valence-electron chi connectivity index (χ1n) is 6.84. The lowest BCUT2D eigenvalue weighted by atomic mass is 10.2. The SMILES string of the molecule is CCOC(=NCCN(C)C)NC(=O)c1ccc(OC)cc1. The lowest BCUT2D eigenvalue weighted by Crippen LogP contribution is -2.33. The zero-order valence-corrected chi connectivity index (χ0v) is 13.0. The van der Waals surface area contributed by atoms with Crippen molar-refractivity contribution in [2.45, 2.75) is 6.92 Å².